The van der Waals surface area contributed by atoms with Gasteiger partial charge in [0.05, 0.1) is 0 Å². The van der Waals surface area contributed by atoms with E-state index in [1.54, 1.807) is 29.2 Å². The number of nitrogens with two attached hydrogens (primary N) is 1. The van der Waals surface area contributed by atoms with Crippen LogP contribution in [0.2, 0.25) is 0 Å². The van der Waals surface area contributed by atoms with Crippen molar-refractivity contribution in [3.63, 3.8) is 0 Å². The van der Waals surface area contributed by atoms with E-state index in [0.29, 0.717) is 48.3 Å². The van der Waals surface area contributed by atoms with Gasteiger partial charge in [0.25, 0.3) is 11.7 Å². The van der Waals surface area contributed by atoms with Crippen molar-refractivity contribution < 1.29 is 13.6 Å². The number of carbonyl (C=O) groups is 1. The molecule has 0 saturated heterocycles. The van der Waals surface area contributed by atoms with Crippen LogP contribution in [0.25, 0.3) is 0 Å². The molecule has 2 N–H and O–H groups in total. The first kappa shape index (κ1) is 21.4. The summed E-state index contributed by atoms with van der Waals surface area (Å²) in [5.41, 5.74) is 7.09. The molecule has 0 spiro atoms. The lowest BCUT2D eigenvalue weighted by Gasteiger charge is -2.23. The van der Waals surface area contributed by atoms with Gasteiger partial charge in [-0.25, -0.2) is 0 Å². The van der Waals surface area contributed by atoms with Crippen LogP contribution in [-0.4, -0.2) is 29.7 Å². The summed E-state index contributed by atoms with van der Waals surface area (Å²) in [5.74, 6) is -2.59. The summed E-state index contributed by atoms with van der Waals surface area (Å²) in [5, 5.41) is 0. The molecule has 136 valence electrons. The molecule has 0 atom stereocenters. The molecule has 7 heteroatoms. The number of carbonyl (C=O) groups excluding carboxylic acids is 1. The lowest BCUT2D eigenvalue weighted by atomic mass is 10.1. The predicted molar refractivity (Wildman–Crippen MR) is 100 cm³/mol. The Kier molecular flexibility index (Phi) is 9.49. The van der Waals surface area contributed by atoms with E-state index in [4.69, 9.17) is 5.73 Å². The number of amides is 1. The molecule has 2 aromatic carbocycles. The number of hydrogen-bond donors (Lipinski definition) is 1. The molecule has 0 fully saturated rings. The SMILES string of the molecule is Cl.NCCCN(Cc1ccccc1)C(=O)c1ccc(SC(F)F)cc1. The highest BCUT2D eigenvalue weighted by atomic mass is 35.5. The number of halogens is 3. The summed E-state index contributed by atoms with van der Waals surface area (Å²) in [6.07, 6.45) is 0.706. The molecule has 0 saturated carbocycles. The molecule has 0 heterocycles. The Morgan fingerprint density at radius 1 is 1.08 bits per heavy atom. The van der Waals surface area contributed by atoms with Crippen molar-refractivity contribution >= 4 is 30.1 Å². The highest BCUT2D eigenvalue weighted by Crippen LogP contribution is 2.25. The van der Waals surface area contributed by atoms with E-state index in [-0.39, 0.29) is 18.3 Å². The first-order chi connectivity index (χ1) is 11.6. The summed E-state index contributed by atoms with van der Waals surface area (Å²) in [6, 6.07) is 16.0. The topological polar surface area (TPSA) is 46.3 Å². The summed E-state index contributed by atoms with van der Waals surface area (Å²) in [4.78, 5) is 14.9. The molecule has 1 amide bonds. The Morgan fingerprint density at radius 3 is 2.28 bits per heavy atom. The second-order valence-corrected chi connectivity index (χ2v) is 6.32. The summed E-state index contributed by atoms with van der Waals surface area (Å²) in [6.45, 7) is 1.55. The fourth-order valence-corrected chi connectivity index (χ4v) is 2.80. The molecule has 0 aliphatic heterocycles. The molecule has 0 aromatic heterocycles. The number of nitrogens with zero attached hydrogens (tertiary/aromatic N) is 1. The van der Waals surface area contributed by atoms with Crippen molar-refractivity contribution in [3.05, 3.63) is 65.7 Å². The second-order valence-electron chi connectivity index (χ2n) is 5.26. The van der Waals surface area contributed by atoms with Crippen LogP contribution in [0.5, 0.6) is 0 Å². The third kappa shape index (κ3) is 7.02. The van der Waals surface area contributed by atoms with Crippen molar-refractivity contribution in [2.24, 2.45) is 5.73 Å². The monoisotopic (exact) mass is 386 g/mol. The molecule has 0 bridgehead atoms. The van der Waals surface area contributed by atoms with Crippen molar-refractivity contribution in [1.29, 1.82) is 0 Å². The zero-order valence-electron chi connectivity index (χ0n) is 13.6. The van der Waals surface area contributed by atoms with E-state index < -0.39 is 5.76 Å². The van der Waals surface area contributed by atoms with Crippen LogP contribution in [0.15, 0.2) is 59.5 Å². The Morgan fingerprint density at radius 2 is 1.72 bits per heavy atom. The third-order valence-corrected chi connectivity index (χ3v) is 4.18. The van der Waals surface area contributed by atoms with E-state index in [1.807, 2.05) is 30.3 Å². The van der Waals surface area contributed by atoms with Crippen molar-refractivity contribution in [2.75, 3.05) is 13.1 Å². The molecular formula is C18H21ClF2N2OS. The highest BCUT2D eigenvalue weighted by molar-refractivity contribution is 7.99. The Balaban J connectivity index is 0.00000312. The van der Waals surface area contributed by atoms with Gasteiger partial charge in [0, 0.05) is 23.5 Å². The van der Waals surface area contributed by atoms with Gasteiger partial charge in [-0.15, -0.1) is 12.4 Å². The van der Waals surface area contributed by atoms with Crippen LogP contribution in [0.1, 0.15) is 22.3 Å². The van der Waals surface area contributed by atoms with Crippen LogP contribution >= 0.6 is 24.2 Å². The van der Waals surface area contributed by atoms with Crippen LogP contribution in [-0.2, 0) is 6.54 Å². The molecule has 2 aromatic rings. The van der Waals surface area contributed by atoms with Crippen LogP contribution in [0.4, 0.5) is 8.78 Å². The average molecular weight is 387 g/mol. The van der Waals surface area contributed by atoms with E-state index in [0.717, 1.165) is 5.56 Å². The van der Waals surface area contributed by atoms with Gasteiger partial charge in [-0.3, -0.25) is 4.79 Å². The van der Waals surface area contributed by atoms with Gasteiger partial charge in [0.1, 0.15) is 0 Å². The molecule has 2 rings (SSSR count). The van der Waals surface area contributed by atoms with Crippen LogP contribution < -0.4 is 5.73 Å². The van der Waals surface area contributed by atoms with Gasteiger partial charge >= 0.3 is 0 Å². The molecule has 0 aliphatic carbocycles. The van der Waals surface area contributed by atoms with E-state index in [2.05, 4.69) is 0 Å². The molecule has 0 radical (unpaired) electrons. The zero-order valence-corrected chi connectivity index (χ0v) is 15.2. The maximum atomic E-state index is 12.7. The van der Waals surface area contributed by atoms with E-state index in [9.17, 15) is 13.6 Å². The molecule has 0 unspecified atom stereocenters. The van der Waals surface area contributed by atoms with Gasteiger partial charge in [-0.2, -0.15) is 8.78 Å². The maximum Gasteiger partial charge on any atom is 0.288 e. The third-order valence-electron chi connectivity index (χ3n) is 3.46. The normalized spacial score (nSPS) is 10.4. The summed E-state index contributed by atoms with van der Waals surface area (Å²) < 4.78 is 24.7. The van der Waals surface area contributed by atoms with Gasteiger partial charge in [0.2, 0.25) is 0 Å². The molecule has 0 aliphatic rings. The Labute approximate surface area is 157 Å². The minimum absolute atomic E-state index is 0. The molecule has 25 heavy (non-hydrogen) atoms. The summed E-state index contributed by atoms with van der Waals surface area (Å²) >= 11 is 0.469. The van der Waals surface area contributed by atoms with Crippen LogP contribution in [0, 0.1) is 0 Å². The first-order valence-electron chi connectivity index (χ1n) is 7.68. The van der Waals surface area contributed by atoms with Crippen LogP contribution in [0.3, 0.4) is 0 Å². The average Bonchev–Trinajstić information content (AvgIpc) is 2.59. The Hall–Kier alpha value is -1.63. The first-order valence-corrected chi connectivity index (χ1v) is 8.56. The van der Waals surface area contributed by atoms with E-state index >= 15 is 0 Å². The number of rotatable bonds is 8. The minimum atomic E-state index is -2.47. The second kappa shape index (κ2) is 11.1. The van der Waals surface area contributed by atoms with Gasteiger partial charge in [-0.1, -0.05) is 42.1 Å². The lowest BCUT2D eigenvalue weighted by Crippen LogP contribution is -2.32. The maximum absolute atomic E-state index is 12.7. The van der Waals surface area contributed by atoms with Gasteiger partial charge < -0.3 is 10.6 Å². The lowest BCUT2D eigenvalue weighted by molar-refractivity contribution is 0.0742. The Bertz CT molecular complexity index is 641. The summed E-state index contributed by atoms with van der Waals surface area (Å²) in [7, 11) is 0. The molecule has 3 nitrogen and oxygen atoms in total. The van der Waals surface area contributed by atoms with E-state index in [1.165, 1.54) is 0 Å². The standard InChI is InChI=1S/C18H20F2N2OS.ClH/c19-18(20)24-16-9-7-15(8-10-16)17(23)22(12-4-11-21)13-14-5-2-1-3-6-14;/h1-3,5-10,18H,4,11-13,21H2;1H. The van der Waals surface area contributed by atoms with Crippen molar-refractivity contribution in [2.45, 2.75) is 23.6 Å². The van der Waals surface area contributed by atoms with Crippen molar-refractivity contribution in [3.8, 4) is 0 Å². The number of alkyl halides is 2. The highest BCUT2D eigenvalue weighted by Gasteiger charge is 2.16. The fourth-order valence-electron chi connectivity index (χ4n) is 2.30. The van der Waals surface area contributed by atoms with Crippen molar-refractivity contribution in [1.82, 2.24) is 4.90 Å². The fraction of sp³-hybridized carbons (Fsp3) is 0.278. The quantitative estimate of drug-likeness (QED) is 0.683. The minimum Gasteiger partial charge on any atom is -0.334 e. The number of thioether (sulfide) groups is 1. The number of hydrogen-bond acceptors (Lipinski definition) is 3. The number of benzene rings is 2. The zero-order chi connectivity index (χ0) is 17.4. The van der Waals surface area contributed by atoms with Gasteiger partial charge in [-0.05, 0) is 42.8 Å². The predicted octanol–water partition coefficient (Wildman–Crippen LogP) is 4.41. The molecular weight excluding hydrogens is 366 g/mol. The van der Waals surface area contributed by atoms with Gasteiger partial charge in [0.15, 0.2) is 0 Å². The largest absolute Gasteiger partial charge is 0.334 e. The smallest absolute Gasteiger partial charge is 0.288 e.